The van der Waals surface area contributed by atoms with Crippen LogP contribution in [-0.4, -0.2) is 4.57 Å². The van der Waals surface area contributed by atoms with Crippen molar-refractivity contribution in [2.75, 3.05) is 0 Å². The van der Waals surface area contributed by atoms with Crippen LogP contribution in [-0.2, 0) is 25.8 Å². The molecule has 1 heterocycles. The number of nitrogens with zero attached hydrogens (tertiary/aromatic N) is 1. The van der Waals surface area contributed by atoms with Crippen molar-refractivity contribution in [3.05, 3.63) is 58.9 Å². The highest BCUT2D eigenvalue weighted by Gasteiger charge is 2.11. The van der Waals surface area contributed by atoms with Crippen LogP contribution in [0.3, 0.4) is 0 Å². The maximum Gasteiger partial charge on any atom is 0.129 e. The highest BCUT2D eigenvalue weighted by molar-refractivity contribution is 5.27. The standard InChI is InChI=1S/C16H17F2N/c17-15-6-5-12(16(18)9-15)7-8-19-10-13-3-1-2-4-14(13)11-19/h5-6,9-11H,1-4,7-8H2. The summed E-state index contributed by atoms with van der Waals surface area (Å²) < 4.78 is 28.5. The average molecular weight is 261 g/mol. The molecule has 2 aromatic rings. The lowest BCUT2D eigenvalue weighted by atomic mass is 9.96. The number of aromatic nitrogens is 1. The quantitative estimate of drug-likeness (QED) is 0.790. The molecule has 100 valence electrons. The summed E-state index contributed by atoms with van der Waals surface area (Å²) in [6.07, 6.45) is 9.80. The monoisotopic (exact) mass is 261 g/mol. The molecule has 0 atom stereocenters. The van der Waals surface area contributed by atoms with Gasteiger partial charge in [-0.1, -0.05) is 6.07 Å². The van der Waals surface area contributed by atoms with Crippen LogP contribution in [0.1, 0.15) is 29.5 Å². The third-order valence-corrected chi connectivity index (χ3v) is 3.85. The Hall–Kier alpha value is -1.64. The summed E-state index contributed by atoms with van der Waals surface area (Å²) in [5, 5.41) is 0. The van der Waals surface area contributed by atoms with Crippen LogP contribution in [0.5, 0.6) is 0 Å². The summed E-state index contributed by atoms with van der Waals surface area (Å²) in [6.45, 7) is 0.746. The Morgan fingerprint density at radius 2 is 1.68 bits per heavy atom. The van der Waals surface area contributed by atoms with E-state index in [1.807, 2.05) is 0 Å². The molecule has 3 rings (SSSR count). The molecule has 0 saturated carbocycles. The molecule has 0 saturated heterocycles. The molecule has 0 aliphatic heterocycles. The number of halogens is 2. The molecule has 1 aromatic heterocycles. The SMILES string of the molecule is Fc1ccc(CCn2cc3c(c2)CCCC3)c(F)c1. The molecule has 3 heteroatoms. The van der Waals surface area contributed by atoms with Gasteiger partial charge >= 0.3 is 0 Å². The van der Waals surface area contributed by atoms with E-state index in [4.69, 9.17) is 0 Å². The number of hydrogen-bond donors (Lipinski definition) is 0. The Kier molecular flexibility index (Phi) is 3.36. The number of aryl methyl sites for hydroxylation is 4. The molecule has 0 spiro atoms. The number of fused-ring (bicyclic) bond motifs is 1. The molecule has 1 nitrogen and oxygen atoms in total. The zero-order chi connectivity index (χ0) is 13.2. The van der Waals surface area contributed by atoms with E-state index in [1.54, 1.807) is 0 Å². The van der Waals surface area contributed by atoms with E-state index in [0.29, 0.717) is 12.0 Å². The van der Waals surface area contributed by atoms with E-state index in [1.165, 1.54) is 36.1 Å². The summed E-state index contributed by atoms with van der Waals surface area (Å²) in [6, 6.07) is 3.81. The zero-order valence-electron chi connectivity index (χ0n) is 10.8. The van der Waals surface area contributed by atoms with Crippen LogP contribution in [0.4, 0.5) is 8.78 Å². The largest absolute Gasteiger partial charge is 0.353 e. The van der Waals surface area contributed by atoms with Crippen LogP contribution in [0.15, 0.2) is 30.6 Å². The van der Waals surface area contributed by atoms with Crippen molar-refractivity contribution in [1.82, 2.24) is 4.57 Å². The second kappa shape index (κ2) is 5.16. The second-order valence-electron chi connectivity index (χ2n) is 5.24. The fraction of sp³-hybridized carbons (Fsp3) is 0.375. The Balaban J connectivity index is 1.70. The van der Waals surface area contributed by atoms with E-state index >= 15 is 0 Å². The fourth-order valence-corrected chi connectivity index (χ4v) is 2.79. The Morgan fingerprint density at radius 1 is 1.00 bits per heavy atom. The van der Waals surface area contributed by atoms with Gasteiger partial charge in [-0.15, -0.1) is 0 Å². The normalized spacial score (nSPS) is 14.4. The Morgan fingerprint density at radius 3 is 2.32 bits per heavy atom. The van der Waals surface area contributed by atoms with E-state index in [0.717, 1.165) is 25.5 Å². The molecule has 0 N–H and O–H groups in total. The van der Waals surface area contributed by atoms with Gasteiger partial charge in [0.15, 0.2) is 0 Å². The average Bonchev–Trinajstić information content (AvgIpc) is 2.80. The first-order chi connectivity index (χ1) is 9.22. The van der Waals surface area contributed by atoms with Gasteiger partial charge in [-0.05, 0) is 54.9 Å². The second-order valence-corrected chi connectivity index (χ2v) is 5.24. The van der Waals surface area contributed by atoms with Crippen molar-refractivity contribution in [2.45, 2.75) is 38.6 Å². The van der Waals surface area contributed by atoms with Gasteiger partial charge in [0.1, 0.15) is 11.6 Å². The molecule has 1 aliphatic rings. The lowest BCUT2D eigenvalue weighted by Gasteiger charge is -2.08. The van der Waals surface area contributed by atoms with Crippen molar-refractivity contribution in [3.63, 3.8) is 0 Å². The summed E-state index contributed by atoms with van der Waals surface area (Å²) in [7, 11) is 0. The predicted octanol–water partition coefficient (Wildman–Crippen LogP) is 3.89. The minimum absolute atomic E-state index is 0.447. The van der Waals surface area contributed by atoms with E-state index in [2.05, 4.69) is 17.0 Å². The molecule has 1 aromatic carbocycles. The highest BCUT2D eigenvalue weighted by Crippen LogP contribution is 2.22. The topological polar surface area (TPSA) is 4.93 Å². The Bertz CT molecular complexity index is 563. The molecule has 0 fully saturated rings. The van der Waals surface area contributed by atoms with E-state index in [9.17, 15) is 8.78 Å². The van der Waals surface area contributed by atoms with E-state index < -0.39 is 11.6 Å². The lowest BCUT2D eigenvalue weighted by molar-refractivity contribution is 0.564. The Labute approximate surface area is 111 Å². The zero-order valence-corrected chi connectivity index (χ0v) is 10.8. The van der Waals surface area contributed by atoms with Crippen LogP contribution in [0.25, 0.3) is 0 Å². The summed E-state index contributed by atoms with van der Waals surface area (Å²) in [5.74, 6) is -0.963. The van der Waals surface area contributed by atoms with Crippen molar-refractivity contribution in [3.8, 4) is 0 Å². The first-order valence-electron chi connectivity index (χ1n) is 6.84. The van der Waals surface area contributed by atoms with Crippen LogP contribution in [0, 0.1) is 11.6 Å². The van der Waals surface area contributed by atoms with Crippen molar-refractivity contribution >= 4 is 0 Å². The fourth-order valence-electron chi connectivity index (χ4n) is 2.79. The minimum atomic E-state index is -0.516. The summed E-state index contributed by atoms with van der Waals surface area (Å²) >= 11 is 0. The third kappa shape index (κ3) is 2.70. The van der Waals surface area contributed by atoms with Gasteiger partial charge < -0.3 is 4.57 Å². The number of rotatable bonds is 3. The molecule has 1 aliphatic carbocycles. The molecule has 0 unspecified atom stereocenters. The molecular formula is C16H17F2N. The van der Waals surface area contributed by atoms with E-state index in [-0.39, 0.29) is 0 Å². The van der Waals surface area contributed by atoms with Gasteiger partial charge in [-0.25, -0.2) is 8.78 Å². The first kappa shape index (κ1) is 12.4. The van der Waals surface area contributed by atoms with Crippen molar-refractivity contribution < 1.29 is 8.78 Å². The lowest BCUT2D eigenvalue weighted by Crippen LogP contribution is -2.01. The van der Waals surface area contributed by atoms with Crippen molar-refractivity contribution in [2.24, 2.45) is 0 Å². The molecule has 0 amide bonds. The van der Waals surface area contributed by atoms with Gasteiger partial charge in [-0.3, -0.25) is 0 Å². The summed E-state index contributed by atoms with van der Waals surface area (Å²) in [4.78, 5) is 0. The van der Waals surface area contributed by atoms with Crippen LogP contribution >= 0.6 is 0 Å². The number of benzene rings is 1. The predicted molar refractivity (Wildman–Crippen MR) is 71.1 cm³/mol. The number of hydrogen-bond acceptors (Lipinski definition) is 0. The maximum atomic E-state index is 13.5. The summed E-state index contributed by atoms with van der Waals surface area (Å²) in [5.41, 5.74) is 3.45. The van der Waals surface area contributed by atoms with Crippen LogP contribution in [0.2, 0.25) is 0 Å². The van der Waals surface area contributed by atoms with Crippen LogP contribution < -0.4 is 0 Å². The third-order valence-electron chi connectivity index (χ3n) is 3.85. The molecule has 19 heavy (non-hydrogen) atoms. The van der Waals surface area contributed by atoms with Gasteiger partial charge in [-0.2, -0.15) is 0 Å². The molecular weight excluding hydrogens is 244 g/mol. The van der Waals surface area contributed by atoms with Gasteiger partial charge in [0.25, 0.3) is 0 Å². The minimum Gasteiger partial charge on any atom is -0.353 e. The molecule has 0 bridgehead atoms. The van der Waals surface area contributed by atoms with Crippen molar-refractivity contribution in [1.29, 1.82) is 0 Å². The molecule has 0 radical (unpaired) electrons. The van der Waals surface area contributed by atoms with Gasteiger partial charge in [0.2, 0.25) is 0 Å². The first-order valence-corrected chi connectivity index (χ1v) is 6.84. The highest BCUT2D eigenvalue weighted by atomic mass is 19.1. The van der Waals surface area contributed by atoms with Gasteiger partial charge in [0, 0.05) is 25.0 Å². The smallest absolute Gasteiger partial charge is 0.129 e. The van der Waals surface area contributed by atoms with Gasteiger partial charge in [0.05, 0.1) is 0 Å². The maximum absolute atomic E-state index is 13.5.